The number of furan rings is 1. The van der Waals surface area contributed by atoms with Crippen molar-refractivity contribution in [3.05, 3.63) is 60.7 Å². The molecule has 0 unspecified atom stereocenters. The molecule has 114 valence electrons. The highest BCUT2D eigenvalue weighted by atomic mass is 16.5. The molecule has 0 saturated carbocycles. The monoisotopic (exact) mass is 306 g/mol. The molecule has 0 saturated heterocycles. The summed E-state index contributed by atoms with van der Waals surface area (Å²) >= 11 is 0. The lowest BCUT2D eigenvalue weighted by molar-refractivity contribution is 0.0958. The molecule has 0 spiro atoms. The second-order valence-electron chi connectivity index (χ2n) is 4.69. The molecule has 5 heteroatoms. The standard InChI is InChI=1S/C18H14N2O3/c21-18(15-7-11-22-13-15)20-8-1-2-10-23-16-6-5-14-4-3-9-19-17(14)12-16/h3-7,9,11-13H,8,10H2,(H,20,21). The summed E-state index contributed by atoms with van der Waals surface area (Å²) in [7, 11) is 0. The average Bonchev–Trinajstić information content (AvgIpc) is 3.12. The van der Waals surface area contributed by atoms with E-state index in [1.54, 1.807) is 12.3 Å². The highest BCUT2D eigenvalue weighted by Crippen LogP contribution is 2.18. The van der Waals surface area contributed by atoms with E-state index in [2.05, 4.69) is 22.1 Å². The number of fused-ring (bicyclic) bond motifs is 1. The van der Waals surface area contributed by atoms with E-state index < -0.39 is 0 Å². The van der Waals surface area contributed by atoms with Gasteiger partial charge in [-0.1, -0.05) is 17.9 Å². The predicted molar refractivity (Wildman–Crippen MR) is 86.1 cm³/mol. The quantitative estimate of drug-likeness (QED) is 0.753. The van der Waals surface area contributed by atoms with Crippen LogP contribution in [0, 0.1) is 11.8 Å². The van der Waals surface area contributed by atoms with Crippen LogP contribution in [0.25, 0.3) is 10.9 Å². The number of amides is 1. The van der Waals surface area contributed by atoms with E-state index in [1.807, 2.05) is 30.3 Å². The molecule has 2 aromatic heterocycles. The van der Waals surface area contributed by atoms with Gasteiger partial charge in [0.15, 0.2) is 0 Å². The number of benzene rings is 1. The molecular formula is C18H14N2O3. The first-order valence-electron chi connectivity index (χ1n) is 7.06. The van der Waals surface area contributed by atoms with E-state index in [4.69, 9.17) is 9.15 Å². The molecule has 0 aliphatic carbocycles. The van der Waals surface area contributed by atoms with Crippen molar-refractivity contribution in [2.24, 2.45) is 0 Å². The number of nitrogens with zero attached hydrogens (tertiary/aromatic N) is 1. The van der Waals surface area contributed by atoms with Gasteiger partial charge < -0.3 is 14.5 Å². The Morgan fingerprint density at radius 2 is 2.22 bits per heavy atom. The minimum Gasteiger partial charge on any atom is -0.481 e. The van der Waals surface area contributed by atoms with Crippen LogP contribution in [0.15, 0.2) is 59.5 Å². The van der Waals surface area contributed by atoms with E-state index in [0.717, 1.165) is 10.9 Å². The lowest BCUT2D eigenvalue weighted by Crippen LogP contribution is -2.23. The molecule has 3 rings (SSSR count). The molecule has 0 aliphatic rings. The van der Waals surface area contributed by atoms with Crippen molar-refractivity contribution in [3.63, 3.8) is 0 Å². The summed E-state index contributed by atoms with van der Waals surface area (Å²) in [5.74, 6) is 6.19. The van der Waals surface area contributed by atoms with E-state index in [-0.39, 0.29) is 19.1 Å². The van der Waals surface area contributed by atoms with Gasteiger partial charge in [-0.05, 0) is 24.3 Å². The Morgan fingerprint density at radius 1 is 1.26 bits per heavy atom. The molecule has 1 aromatic carbocycles. The van der Waals surface area contributed by atoms with Crippen LogP contribution in [-0.2, 0) is 0 Å². The maximum atomic E-state index is 11.6. The zero-order valence-corrected chi connectivity index (χ0v) is 12.3. The first-order chi connectivity index (χ1) is 11.3. The van der Waals surface area contributed by atoms with Crippen molar-refractivity contribution in [2.75, 3.05) is 13.2 Å². The molecule has 0 radical (unpaired) electrons. The molecule has 1 N–H and O–H groups in total. The van der Waals surface area contributed by atoms with Gasteiger partial charge >= 0.3 is 0 Å². The predicted octanol–water partition coefficient (Wildman–Crippen LogP) is 2.64. The molecule has 0 atom stereocenters. The van der Waals surface area contributed by atoms with Crippen LogP contribution >= 0.6 is 0 Å². The van der Waals surface area contributed by atoms with Crippen molar-refractivity contribution in [3.8, 4) is 17.6 Å². The SMILES string of the molecule is O=C(NCC#CCOc1ccc2cccnc2c1)c1ccoc1. The van der Waals surface area contributed by atoms with Crippen LogP contribution in [0.2, 0.25) is 0 Å². The number of pyridine rings is 1. The van der Waals surface area contributed by atoms with Crippen LogP contribution in [-0.4, -0.2) is 24.0 Å². The Bertz CT molecular complexity index is 861. The molecule has 23 heavy (non-hydrogen) atoms. The van der Waals surface area contributed by atoms with Crippen LogP contribution < -0.4 is 10.1 Å². The van der Waals surface area contributed by atoms with E-state index in [1.165, 1.54) is 12.5 Å². The molecule has 1 amide bonds. The van der Waals surface area contributed by atoms with Gasteiger partial charge in [-0.2, -0.15) is 0 Å². The number of nitrogens with one attached hydrogen (secondary N) is 1. The van der Waals surface area contributed by atoms with Crippen molar-refractivity contribution >= 4 is 16.8 Å². The highest BCUT2D eigenvalue weighted by Gasteiger charge is 2.03. The van der Waals surface area contributed by atoms with Crippen molar-refractivity contribution in [1.29, 1.82) is 0 Å². The summed E-state index contributed by atoms with van der Waals surface area (Å²) in [4.78, 5) is 15.9. The summed E-state index contributed by atoms with van der Waals surface area (Å²) < 4.78 is 10.4. The second kappa shape index (κ2) is 7.14. The maximum Gasteiger partial charge on any atom is 0.255 e. The Balaban J connectivity index is 1.46. The summed E-state index contributed by atoms with van der Waals surface area (Å²) in [6.45, 7) is 0.507. The average molecular weight is 306 g/mol. The normalized spacial score (nSPS) is 9.91. The van der Waals surface area contributed by atoms with Gasteiger partial charge in [0.1, 0.15) is 18.6 Å². The molecule has 0 bridgehead atoms. The lowest BCUT2D eigenvalue weighted by Gasteiger charge is -2.03. The fraction of sp³-hybridized carbons (Fsp3) is 0.111. The van der Waals surface area contributed by atoms with Gasteiger partial charge in [0.2, 0.25) is 0 Å². The third-order valence-electron chi connectivity index (χ3n) is 3.13. The number of hydrogen-bond acceptors (Lipinski definition) is 4. The minimum atomic E-state index is -0.213. The minimum absolute atomic E-state index is 0.213. The Hall–Kier alpha value is -3.26. The van der Waals surface area contributed by atoms with Gasteiger partial charge in [0, 0.05) is 17.6 Å². The molecule has 0 fully saturated rings. The smallest absolute Gasteiger partial charge is 0.255 e. The molecular weight excluding hydrogens is 292 g/mol. The van der Waals surface area contributed by atoms with E-state index in [9.17, 15) is 4.79 Å². The summed E-state index contributed by atoms with van der Waals surface area (Å²) in [6, 6.07) is 11.2. The Labute approximate surface area is 133 Å². The maximum absolute atomic E-state index is 11.6. The summed E-state index contributed by atoms with van der Waals surface area (Å²) in [6.07, 6.45) is 4.58. The molecule has 2 heterocycles. The Morgan fingerprint density at radius 3 is 3.09 bits per heavy atom. The zero-order valence-electron chi connectivity index (χ0n) is 12.3. The zero-order chi connectivity index (χ0) is 15.9. The topological polar surface area (TPSA) is 64.4 Å². The van der Waals surface area contributed by atoms with Crippen LogP contribution in [0.4, 0.5) is 0 Å². The highest BCUT2D eigenvalue weighted by molar-refractivity contribution is 5.93. The number of ether oxygens (including phenoxy) is 1. The number of aromatic nitrogens is 1. The van der Waals surface area contributed by atoms with Crippen LogP contribution in [0.5, 0.6) is 5.75 Å². The van der Waals surface area contributed by atoms with Crippen LogP contribution in [0.3, 0.4) is 0 Å². The fourth-order valence-electron chi connectivity index (χ4n) is 1.99. The van der Waals surface area contributed by atoms with Gasteiger partial charge in [0.25, 0.3) is 5.91 Å². The van der Waals surface area contributed by atoms with Gasteiger partial charge in [-0.15, -0.1) is 0 Å². The first kappa shape index (κ1) is 14.7. The van der Waals surface area contributed by atoms with Gasteiger partial charge in [-0.3, -0.25) is 9.78 Å². The number of carbonyl (C=O) groups is 1. The summed E-state index contributed by atoms with van der Waals surface area (Å²) in [5.41, 5.74) is 1.36. The fourth-order valence-corrected chi connectivity index (χ4v) is 1.99. The number of rotatable bonds is 4. The van der Waals surface area contributed by atoms with Crippen molar-refractivity contribution in [2.45, 2.75) is 0 Å². The van der Waals surface area contributed by atoms with Crippen LogP contribution in [0.1, 0.15) is 10.4 Å². The summed E-state index contributed by atoms with van der Waals surface area (Å²) in [5, 5.41) is 3.73. The number of carbonyl (C=O) groups excluding carboxylic acids is 1. The third-order valence-corrected chi connectivity index (χ3v) is 3.13. The largest absolute Gasteiger partial charge is 0.481 e. The van der Waals surface area contributed by atoms with Gasteiger partial charge in [-0.25, -0.2) is 0 Å². The van der Waals surface area contributed by atoms with Crippen molar-refractivity contribution in [1.82, 2.24) is 10.3 Å². The number of hydrogen-bond donors (Lipinski definition) is 1. The molecule has 0 aliphatic heterocycles. The third kappa shape index (κ3) is 3.89. The van der Waals surface area contributed by atoms with Gasteiger partial charge in [0.05, 0.1) is 23.9 Å². The van der Waals surface area contributed by atoms with Crippen molar-refractivity contribution < 1.29 is 13.9 Å². The molecule has 5 nitrogen and oxygen atoms in total. The van der Waals surface area contributed by atoms with E-state index >= 15 is 0 Å². The lowest BCUT2D eigenvalue weighted by atomic mass is 10.2. The molecule has 3 aromatic rings. The van der Waals surface area contributed by atoms with E-state index in [0.29, 0.717) is 11.3 Å². The second-order valence-corrected chi connectivity index (χ2v) is 4.69. The first-order valence-corrected chi connectivity index (χ1v) is 7.06. The Kier molecular flexibility index (Phi) is 4.55.